The second-order valence-electron chi connectivity index (χ2n) is 5.30. The highest BCUT2D eigenvalue weighted by atomic mass is 79.9. The molecular formula is C15H19BrClNO2. The molecule has 1 heterocycles. The Balaban J connectivity index is 2.00. The van der Waals surface area contributed by atoms with Crippen molar-refractivity contribution < 1.29 is 9.90 Å². The number of nitrogens with zero attached hydrogens (tertiary/aromatic N) is 1. The minimum absolute atomic E-state index is 0.255. The number of benzene rings is 1. The van der Waals surface area contributed by atoms with Gasteiger partial charge in [-0.1, -0.05) is 24.1 Å². The molecule has 0 bridgehead atoms. The third-order valence-corrected chi connectivity index (χ3v) is 5.02. The van der Waals surface area contributed by atoms with E-state index in [1.807, 2.05) is 18.2 Å². The average Bonchev–Trinajstić information content (AvgIpc) is 2.42. The van der Waals surface area contributed by atoms with Crippen LogP contribution in [0.25, 0.3) is 0 Å². The van der Waals surface area contributed by atoms with E-state index in [2.05, 4.69) is 20.8 Å². The van der Waals surface area contributed by atoms with Crippen molar-refractivity contribution in [1.29, 1.82) is 0 Å². The third-order valence-electron chi connectivity index (χ3n) is 3.81. The molecule has 1 aliphatic rings. The quantitative estimate of drug-likeness (QED) is 0.850. The van der Waals surface area contributed by atoms with Crippen molar-refractivity contribution in [3.63, 3.8) is 0 Å². The number of likely N-dealkylation sites (tertiary alicyclic amines) is 1. The number of hydrogen-bond acceptors (Lipinski definition) is 2. The summed E-state index contributed by atoms with van der Waals surface area (Å²) >= 11 is 9.46. The first-order valence-electron chi connectivity index (χ1n) is 6.96. The summed E-state index contributed by atoms with van der Waals surface area (Å²) in [6.07, 6.45) is 4.49. The topological polar surface area (TPSA) is 40.5 Å². The molecule has 1 saturated heterocycles. The molecule has 3 nitrogen and oxygen atoms in total. The van der Waals surface area contributed by atoms with Gasteiger partial charge in [-0.25, -0.2) is 0 Å². The van der Waals surface area contributed by atoms with E-state index in [0.29, 0.717) is 6.04 Å². The standard InChI is InChI=1S/C15H19BrClNO2/c16-13-9-11(4-6-14(13)17)10-18-8-2-1-3-12(18)5-7-15(19)20/h4,6,9,12H,1-3,5,7-8,10H2,(H,19,20). The van der Waals surface area contributed by atoms with Crippen LogP contribution in [0.3, 0.4) is 0 Å². The van der Waals surface area contributed by atoms with Gasteiger partial charge in [0, 0.05) is 23.5 Å². The van der Waals surface area contributed by atoms with E-state index in [0.717, 1.165) is 35.4 Å². The van der Waals surface area contributed by atoms with E-state index in [1.165, 1.54) is 18.4 Å². The van der Waals surface area contributed by atoms with E-state index in [9.17, 15) is 4.79 Å². The van der Waals surface area contributed by atoms with Crippen LogP contribution in [0.15, 0.2) is 22.7 Å². The first-order valence-corrected chi connectivity index (χ1v) is 8.13. The lowest BCUT2D eigenvalue weighted by Gasteiger charge is -2.35. The van der Waals surface area contributed by atoms with Crippen LogP contribution in [-0.4, -0.2) is 28.6 Å². The van der Waals surface area contributed by atoms with Gasteiger partial charge < -0.3 is 5.11 Å². The monoisotopic (exact) mass is 359 g/mol. The minimum atomic E-state index is -0.704. The fourth-order valence-corrected chi connectivity index (χ4v) is 3.30. The fourth-order valence-electron chi connectivity index (χ4n) is 2.76. The lowest BCUT2D eigenvalue weighted by molar-refractivity contribution is -0.137. The third kappa shape index (κ3) is 4.47. The first-order chi connectivity index (χ1) is 9.56. The lowest BCUT2D eigenvalue weighted by atomic mass is 9.97. The molecule has 5 heteroatoms. The number of piperidine rings is 1. The molecule has 1 fully saturated rings. The highest BCUT2D eigenvalue weighted by Gasteiger charge is 2.23. The Bertz CT molecular complexity index is 481. The molecule has 1 unspecified atom stereocenters. The molecule has 0 radical (unpaired) electrons. The molecule has 0 amide bonds. The molecule has 0 spiro atoms. The van der Waals surface area contributed by atoms with Gasteiger partial charge in [-0.15, -0.1) is 0 Å². The maximum absolute atomic E-state index is 10.7. The van der Waals surface area contributed by atoms with Gasteiger partial charge in [-0.05, 0) is 59.4 Å². The molecule has 20 heavy (non-hydrogen) atoms. The van der Waals surface area contributed by atoms with Gasteiger partial charge in [0.2, 0.25) is 0 Å². The molecule has 0 aromatic heterocycles. The summed E-state index contributed by atoms with van der Waals surface area (Å²) in [5.41, 5.74) is 1.21. The summed E-state index contributed by atoms with van der Waals surface area (Å²) in [4.78, 5) is 13.2. The van der Waals surface area contributed by atoms with Crippen LogP contribution in [0.5, 0.6) is 0 Å². The van der Waals surface area contributed by atoms with Crippen LogP contribution >= 0.6 is 27.5 Å². The average molecular weight is 361 g/mol. The predicted octanol–water partition coefficient (Wildman–Crippen LogP) is 4.32. The number of hydrogen-bond donors (Lipinski definition) is 1. The Morgan fingerprint density at radius 3 is 2.95 bits per heavy atom. The van der Waals surface area contributed by atoms with Crippen LogP contribution in [0.2, 0.25) is 5.02 Å². The van der Waals surface area contributed by atoms with Crippen LogP contribution < -0.4 is 0 Å². The molecule has 1 atom stereocenters. The highest BCUT2D eigenvalue weighted by Crippen LogP contribution is 2.27. The molecule has 1 aromatic carbocycles. The Kier molecular flexibility index (Phi) is 5.87. The van der Waals surface area contributed by atoms with Crippen molar-refractivity contribution in [2.24, 2.45) is 0 Å². The van der Waals surface area contributed by atoms with E-state index in [-0.39, 0.29) is 6.42 Å². The second kappa shape index (κ2) is 7.43. The van der Waals surface area contributed by atoms with Gasteiger partial charge in [0.1, 0.15) is 0 Å². The second-order valence-corrected chi connectivity index (χ2v) is 6.56. The smallest absolute Gasteiger partial charge is 0.303 e. The number of halogens is 2. The van der Waals surface area contributed by atoms with Crippen LogP contribution in [0, 0.1) is 0 Å². The van der Waals surface area contributed by atoms with Crippen LogP contribution in [0.1, 0.15) is 37.7 Å². The number of aliphatic carboxylic acids is 1. The highest BCUT2D eigenvalue weighted by molar-refractivity contribution is 9.10. The molecule has 110 valence electrons. The van der Waals surface area contributed by atoms with Crippen molar-refractivity contribution in [2.45, 2.75) is 44.7 Å². The molecule has 0 aliphatic carbocycles. The van der Waals surface area contributed by atoms with E-state index in [1.54, 1.807) is 0 Å². The maximum atomic E-state index is 10.7. The molecule has 0 saturated carbocycles. The van der Waals surface area contributed by atoms with Gasteiger partial charge in [-0.3, -0.25) is 9.69 Å². The number of carboxylic acids is 1. The fraction of sp³-hybridized carbons (Fsp3) is 0.533. The van der Waals surface area contributed by atoms with Crippen molar-refractivity contribution in [3.8, 4) is 0 Å². The predicted molar refractivity (Wildman–Crippen MR) is 84.1 cm³/mol. The largest absolute Gasteiger partial charge is 0.481 e. The molecule has 1 aromatic rings. The zero-order valence-electron chi connectivity index (χ0n) is 11.3. The van der Waals surface area contributed by atoms with E-state index in [4.69, 9.17) is 16.7 Å². The van der Waals surface area contributed by atoms with Crippen molar-refractivity contribution in [2.75, 3.05) is 6.54 Å². The van der Waals surface area contributed by atoms with Gasteiger partial charge in [0.05, 0.1) is 5.02 Å². The lowest BCUT2D eigenvalue weighted by Crippen LogP contribution is -2.39. The minimum Gasteiger partial charge on any atom is -0.481 e. The van der Waals surface area contributed by atoms with Gasteiger partial charge >= 0.3 is 5.97 Å². The van der Waals surface area contributed by atoms with Gasteiger partial charge in [0.15, 0.2) is 0 Å². The number of carbonyl (C=O) groups is 1. The zero-order valence-corrected chi connectivity index (χ0v) is 13.7. The van der Waals surface area contributed by atoms with Gasteiger partial charge in [-0.2, -0.15) is 0 Å². The Hall–Kier alpha value is -0.580. The summed E-state index contributed by atoms with van der Waals surface area (Å²) in [6, 6.07) is 6.37. The normalized spacial score (nSPS) is 20.0. The summed E-state index contributed by atoms with van der Waals surface area (Å²) < 4.78 is 0.913. The summed E-state index contributed by atoms with van der Waals surface area (Å²) in [5, 5.41) is 9.57. The number of carboxylic acid groups (broad SMARTS) is 1. The van der Waals surface area contributed by atoms with Crippen molar-refractivity contribution in [3.05, 3.63) is 33.3 Å². The van der Waals surface area contributed by atoms with Crippen LogP contribution in [-0.2, 0) is 11.3 Å². The zero-order chi connectivity index (χ0) is 14.5. The molecular weight excluding hydrogens is 342 g/mol. The van der Waals surface area contributed by atoms with E-state index >= 15 is 0 Å². The molecule has 1 N–H and O–H groups in total. The van der Waals surface area contributed by atoms with Gasteiger partial charge in [0.25, 0.3) is 0 Å². The van der Waals surface area contributed by atoms with Crippen LogP contribution in [0.4, 0.5) is 0 Å². The first kappa shape index (κ1) is 15.8. The summed E-state index contributed by atoms with van der Waals surface area (Å²) in [6.45, 7) is 1.91. The number of rotatable bonds is 5. The maximum Gasteiger partial charge on any atom is 0.303 e. The Morgan fingerprint density at radius 2 is 2.25 bits per heavy atom. The van der Waals surface area contributed by atoms with E-state index < -0.39 is 5.97 Å². The molecule has 2 rings (SSSR count). The van der Waals surface area contributed by atoms with Crippen molar-refractivity contribution >= 4 is 33.5 Å². The summed E-state index contributed by atoms with van der Waals surface area (Å²) in [7, 11) is 0. The van der Waals surface area contributed by atoms with Crippen molar-refractivity contribution in [1.82, 2.24) is 4.90 Å². The molecule has 1 aliphatic heterocycles. The Labute approximate surface area is 133 Å². The summed E-state index contributed by atoms with van der Waals surface area (Å²) in [5.74, 6) is -0.704. The Morgan fingerprint density at radius 1 is 1.45 bits per heavy atom. The SMILES string of the molecule is O=C(O)CCC1CCCCN1Cc1ccc(Cl)c(Br)c1.